The second kappa shape index (κ2) is 5.42. The van der Waals surface area contributed by atoms with E-state index in [-0.39, 0.29) is 0 Å². The van der Waals surface area contributed by atoms with Gasteiger partial charge in [0.1, 0.15) is 0 Å². The third-order valence-corrected chi connectivity index (χ3v) is 1.78. The molecule has 0 aromatic heterocycles. The van der Waals surface area contributed by atoms with Crippen LogP contribution >= 0.6 is 23.2 Å². The standard InChI is InChI=1S/C7H6Cl2.CH4O/c1-5-4-6(8)2-3-7(5)9;1-2/h2-4H,1H3;2H,1H3. The average molecular weight is 193 g/mol. The largest absolute Gasteiger partial charge is 0.400 e. The van der Waals surface area contributed by atoms with Crippen LogP contribution in [0, 0.1) is 6.92 Å². The van der Waals surface area contributed by atoms with Crippen LogP contribution in [-0.2, 0) is 0 Å². The minimum Gasteiger partial charge on any atom is -0.400 e. The first-order valence-electron chi connectivity index (χ1n) is 3.06. The van der Waals surface area contributed by atoms with E-state index < -0.39 is 0 Å². The van der Waals surface area contributed by atoms with Gasteiger partial charge in [0.2, 0.25) is 0 Å². The molecule has 0 aliphatic rings. The molecule has 1 rings (SSSR count). The minimum absolute atomic E-state index is 0.733. The van der Waals surface area contributed by atoms with Gasteiger partial charge in [-0.2, -0.15) is 0 Å². The van der Waals surface area contributed by atoms with Gasteiger partial charge in [-0.25, -0.2) is 0 Å². The molecule has 0 atom stereocenters. The Kier molecular flexibility index (Phi) is 5.30. The van der Waals surface area contributed by atoms with Gasteiger partial charge in [0.05, 0.1) is 0 Å². The monoisotopic (exact) mass is 192 g/mol. The first-order valence-corrected chi connectivity index (χ1v) is 3.82. The van der Waals surface area contributed by atoms with Gasteiger partial charge in [-0.3, -0.25) is 0 Å². The van der Waals surface area contributed by atoms with Gasteiger partial charge < -0.3 is 5.11 Å². The highest BCUT2D eigenvalue weighted by Crippen LogP contribution is 2.18. The lowest BCUT2D eigenvalue weighted by atomic mass is 10.2. The van der Waals surface area contributed by atoms with E-state index in [0.717, 1.165) is 22.7 Å². The van der Waals surface area contributed by atoms with E-state index in [1.807, 2.05) is 13.0 Å². The van der Waals surface area contributed by atoms with Crippen LogP contribution in [0.1, 0.15) is 5.56 Å². The van der Waals surface area contributed by atoms with Crippen LogP contribution in [0.3, 0.4) is 0 Å². The molecule has 0 aliphatic carbocycles. The highest BCUT2D eigenvalue weighted by Gasteiger charge is 1.92. The molecular weight excluding hydrogens is 183 g/mol. The summed E-state index contributed by atoms with van der Waals surface area (Å²) in [5.74, 6) is 0. The smallest absolute Gasteiger partial charge is 0.0436 e. The summed E-state index contributed by atoms with van der Waals surface area (Å²) < 4.78 is 0. The molecule has 0 spiro atoms. The zero-order valence-corrected chi connectivity index (χ0v) is 7.95. The second-order valence-corrected chi connectivity index (χ2v) is 2.74. The summed E-state index contributed by atoms with van der Waals surface area (Å²) in [4.78, 5) is 0. The molecule has 1 aromatic rings. The number of halogens is 2. The van der Waals surface area contributed by atoms with Crippen LogP contribution in [-0.4, -0.2) is 12.2 Å². The van der Waals surface area contributed by atoms with E-state index >= 15 is 0 Å². The van der Waals surface area contributed by atoms with Gasteiger partial charge >= 0.3 is 0 Å². The van der Waals surface area contributed by atoms with Crippen molar-refractivity contribution >= 4 is 23.2 Å². The van der Waals surface area contributed by atoms with E-state index in [9.17, 15) is 0 Å². The highest BCUT2D eigenvalue weighted by atomic mass is 35.5. The molecule has 0 radical (unpaired) electrons. The van der Waals surface area contributed by atoms with Crippen LogP contribution in [0.2, 0.25) is 10.0 Å². The molecule has 62 valence electrons. The summed E-state index contributed by atoms with van der Waals surface area (Å²) in [6.45, 7) is 1.92. The van der Waals surface area contributed by atoms with Crippen molar-refractivity contribution in [3.63, 3.8) is 0 Å². The van der Waals surface area contributed by atoms with Crippen molar-refractivity contribution in [1.29, 1.82) is 0 Å². The maximum Gasteiger partial charge on any atom is 0.0436 e. The van der Waals surface area contributed by atoms with Crippen LogP contribution in [0.15, 0.2) is 18.2 Å². The Morgan fingerprint density at radius 3 is 2.09 bits per heavy atom. The van der Waals surface area contributed by atoms with Gasteiger partial charge in [0, 0.05) is 17.2 Å². The second-order valence-electron chi connectivity index (χ2n) is 1.89. The van der Waals surface area contributed by atoms with Gasteiger partial charge in [-0.15, -0.1) is 0 Å². The average Bonchev–Trinajstić information content (AvgIpc) is 2.02. The predicted molar refractivity (Wildman–Crippen MR) is 49.3 cm³/mol. The maximum atomic E-state index is 7.00. The van der Waals surface area contributed by atoms with Gasteiger partial charge in [0.15, 0.2) is 0 Å². The molecule has 0 heterocycles. The van der Waals surface area contributed by atoms with E-state index in [0.29, 0.717) is 0 Å². The summed E-state index contributed by atoms with van der Waals surface area (Å²) in [6.07, 6.45) is 0. The molecule has 1 nitrogen and oxygen atoms in total. The Balaban J connectivity index is 0.000000461. The summed E-state index contributed by atoms with van der Waals surface area (Å²) in [7, 11) is 1.00. The first kappa shape index (κ1) is 10.8. The van der Waals surface area contributed by atoms with E-state index in [1.165, 1.54) is 0 Å². The van der Waals surface area contributed by atoms with Crippen molar-refractivity contribution in [2.24, 2.45) is 0 Å². The Labute approximate surface area is 76.6 Å². The zero-order valence-electron chi connectivity index (χ0n) is 6.44. The quantitative estimate of drug-likeness (QED) is 0.671. The Morgan fingerprint density at radius 2 is 1.73 bits per heavy atom. The molecule has 3 heteroatoms. The fourth-order valence-electron chi connectivity index (χ4n) is 0.608. The third-order valence-electron chi connectivity index (χ3n) is 1.12. The normalized spacial score (nSPS) is 8.45. The van der Waals surface area contributed by atoms with Crippen molar-refractivity contribution < 1.29 is 5.11 Å². The number of aliphatic hydroxyl groups excluding tert-OH is 1. The predicted octanol–water partition coefficient (Wildman–Crippen LogP) is 2.91. The van der Waals surface area contributed by atoms with Gasteiger partial charge in [-0.1, -0.05) is 23.2 Å². The van der Waals surface area contributed by atoms with Crippen molar-refractivity contribution in [3.8, 4) is 0 Å². The summed E-state index contributed by atoms with van der Waals surface area (Å²) in [5, 5.41) is 8.50. The Hall–Kier alpha value is -0.240. The topological polar surface area (TPSA) is 20.2 Å². The molecule has 0 amide bonds. The number of rotatable bonds is 0. The van der Waals surface area contributed by atoms with Crippen molar-refractivity contribution in [2.45, 2.75) is 6.92 Å². The third kappa shape index (κ3) is 3.61. The molecule has 0 saturated carbocycles. The van der Waals surface area contributed by atoms with Crippen molar-refractivity contribution in [3.05, 3.63) is 33.8 Å². The number of hydrogen-bond acceptors (Lipinski definition) is 1. The Morgan fingerprint density at radius 1 is 1.18 bits per heavy atom. The lowest BCUT2D eigenvalue weighted by Crippen LogP contribution is -1.72. The molecule has 0 aliphatic heterocycles. The molecular formula is C8H10Cl2O. The van der Waals surface area contributed by atoms with E-state index in [4.69, 9.17) is 28.3 Å². The number of aryl methyl sites for hydroxylation is 1. The molecule has 1 aromatic carbocycles. The van der Waals surface area contributed by atoms with Crippen LogP contribution in [0.5, 0.6) is 0 Å². The SMILES string of the molecule is CO.Cc1cc(Cl)ccc1Cl. The lowest BCUT2D eigenvalue weighted by molar-refractivity contribution is 0.399. The first-order chi connectivity index (χ1) is 5.20. The maximum absolute atomic E-state index is 7.00. The fourth-order valence-corrected chi connectivity index (χ4v) is 0.952. The van der Waals surface area contributed by atoms with Gasteiger partial charge in [-0.05, 0) is 30.7 Å². The van der Waals surface area contributed by atoms with Crippen molar-refractivity contribution in [1.82, 2.24) is 0 Å². The van der Waals surface area contributed by atoms with Crippen LogP contribution in [0.25, 0.3) is 0 Å². The molecule has 11 heavy (non-hydrogen) atoms. The fraction of sp³-hybridized carbons (Fsp3) is 0.250. The molecule has 0 fully saturated rings. The summed E-state index contributed by atoms with van der Waals surface area (Å²) in [6, 6.07) is 5.40. The number of hydrogen-bond donors (Lipinski definition) is 1. The van der Waals surface area contributed by atoms with Gasteiger partial charge in [0.25, 0.3) is 0 Å². The summed E-state index contributed by atoms with van der Waals surface area (Å²) in [5.41, 5.74) is 1.02. The lowest BCUT2D eigenvalue weighted by Gasteiger charge is -1.94. The Bertz CT molecular complexity index is 223. The highest BCUT2D eigenvalue weighted by molar-refractivity contribution is 6.33. The van der Waals surface area contributed by atoms with Crippen LogP contribution in [0.4, 0.5) is 0 Å². The van der Waals surface area contributed by atoms with Crippen LogP contribution < -0.4 is 0 Å². The number of benzene rings is 1. The molecule has 0 bridgehead atoms. The molecule has 1 N–H and O–H groups in total. The molecule has 0 saturated heterocycles. The van der Waals surface area contributed by atoms with Crippen molar-refractivity contribution in [2.75, 3.05) is 7.11 Å². The zero-order chi connectivity index (χ0) is 8.85. The summed E-state index contributed by atoms with van der Waals surface area (Å²) >= 11 is 11.4. The molecule has 0 unspecified atom stereocenters. The van der Waals surface area contributed by atoms with E-state index in [1.54, 1.807) is 12.1 Å². The van der Waals surface area contributed by atoms with E-state index in [2.05, 4.69) is 0 Å². The number of aliphatic hydroxyl groups is 1. The minimum atomic E-state index is 0.733.